The van der Waals surface area contributed by atoms with Crippen molar-refractivity contribution in [2.24, 2.45) is 0 Å². The van der Waals surface area contributed by atoms with Crippen LogP contribution in [0.2, 0.25) is 0 Å². The summed E-state index contributed by atoms with van der Waals surface area (Å²) in [4.78, 5) is 5.37. The SMILES string of the molecule is CCCC(CNOCc1ccccc1)OC. The molecule has 3 nitrogen and oxygen atoms in total. The van der Waals surface area contributed by atoms with Gasteiger partial charge in [0.1, 0.15) is 0 Å². The molecular formula is C13H21NO2. The Bertz CT molecular complexity index is 264. The standard InChI is InChI=1S/C13H21NO2/c1-3-7-13(15-2)10-14-16-11-12-8-5-4-6-9-12/h4-6,8-9,13-14H,3,7,10-11H2,1-2H3. The topological polar surface area (TPSA) is 30.5 Å². The summed E-state index contributed by atoms with van der Waals surface area (Å²) in [5.74, 6) is 0. The van der Waals surface area contributed by atoms with Crippen LogP contribution in [0.1, 0.15) is 25.3 Å². The fourth-order valence-electron chi connectivity index (χ4n) is 1.49. The minimum Gasteiger partial charge on any atom is -0.380 e. The Hall–Kier alpha value is -0.900. The van der Waals surface area contributed by atoms with Crippen LogP contribution in [0.3, 0.4) is 0 Å². The third kappa shape index (κ3) is 5.26. The molecule has 1 aromatic carbocycles. The van der Waals surface area contributed by atoms with Crippen LogP contribution < -0.4 is 5.48 Å². The van der Waals surface area contributed by atoms with Crippen LogP contribution in [0.25, 0.3) is 0 Å². The highest BCUT2D eigenvalue weighted by atomic mass is 16.6. The molecule has 0 amide bonds. The quantitative estimate of drug-likeness (QED) is 0.542. The van der Waals surface area contributed by atoms with Crippen molar-refractivity contribution in [3.8, 4) is 0 Å². The molecule has 0 spiro atoms. The lowest BCUT2D eigenvalue weighted by atomic mass is 10.2. The maximum Gasteiger partial charge on any atom is 0.0933 e. The van der Waals surface area contributed by atoms with E-state index in [1.807, 2.05) is 30.3 Å². The summed E-state index contributed by atoms with van der Waals surface area (Å²) in [6, 6.07) is 10.1. The van der Waals surface area contributed by atoms with E-state index in [1.54, 1.807) is 7.11 Å². The Kier molecular flexibility index (Phi) is 6.81. The van der Waals surface area contributed by atoms with Gasteiger partial charge in [0.25, 0.3) is 0 Å². The van der Waals surface area contributed by atoms with Crippen LogP contribution >= 0.6 is 0 Å². The van der Waals surface area contributed by atoms with Gasteiger partial charge in [-0.3, -0.25) is 4.84 Å². The number of rotatable bonds is 8. The van der Waals surface area contributed by atoms with E-state index in [2.05, 4.69) is 12.4 Å². The molecule has 0 saturated heterocycles. The second-order valence-corrected chi connectivity index (χ2v) is 3.77. The van der Waals surface area contributed by atoms with Crippen molar-refractivity contribution in [3.05, 3.63) is 35.9 Å². The molecule has 1 aromatic rings. The fourth-order valence-corrected chi connectivity index (χ4v) is 1.49. The number of methoxy groups -OCH3 is 1. The van der Waals surface area contributed by atoms with Crippen molar-refractivity contribution in [1.82, 2.24) is 5.48 Å². The van der Waals surface area contributed by atoms with Crippen molar-refractivity contribution < 1.29 is 9.57 Å². The molecule has 0 saturated carbocycles. The molecule has 3 heteroatoms. The van der Waals surface area contributed by atoms with Gasteiger partial charge in [-0.25, -0.2) is 0 Å². The third-order valence-corrected chi connectivity index (χ3v) is 2.44. The van der Waals surface area contributed by atoms with Gasteiger partial charge in [-0.15, -0.1) is 0 Å². The zero-order valence-electron chi connectivity index (χ0n) is 10.1. The number of ether oxygens (including phenoxy) is 1. The van der Waals surface area contributed by atoms with Crippen molar-refractivity contribution in [2.75, 3.05) is 13.7 Å². The van der Waals surface area contributed by atoms with Gasteiger partial charge in [-0.1, -0.05) is 43.7 Å². The van der Waals surface area contributed by atoms with Gasteiger partial charge in [-0.2, -0.15) is 5.48 Å². The minimum absolute atomic E-state index is 0.237. The zero-order chi connectivity index (χ0) is 11.6. The van der Waals surface area contributed by atoms with Crippen LogP contribution in [0.15, 0.2) is 30.3 Å². The molecule has 0 aliphatic heterocycles. The van der Waals surface area contributed by atoms with Gasteiger partial charge < -0.3 is 4.74 Å². The number of hydrogen-bond acceptors (Lipinski definition) is 3. The molecule has 1 rings (SSSR count). The number of nitrogens with one attached hydrogen (secondary N) is 1. The van der Waals surface area contributed by atoms with Crippen LogP contribution in [-0.2, 0) is 16.2 Å². The van der Waals surface area contributed by atoms with Crippen LogP contribution in [-0.4, -0.2) is 19.8 Å². The summed E-state index contributed by atoms with van der Waals surface area (Å²) in [5, 5.41) is 0. The van der Waals surface area contributed by atoms with Crippen molar-refractivity contribution in [3.63, 3.8) is 0 Å². The molecule has 0 aliphatic carbocycles. The van der Waals surface area contributed by atoms with E-state index >= 15 is 0 Å². The second kappa shape index (κ2) is 8.28. The zero-order valence-corrected chi connectivity index (χ0v) is 10.1. The van der Waals surface area contributed by atoms with Gasteiger partial charge >= 0.3 is 0 Å². The Morgan fingerprint density at radius 3 is 2.62 bits per heavy atom. The first kappa shape index (κ1) is 13.2. The maximum absolute atomic E-state index is 5.37. The van der Waals surface area contributed by atoms with Crippen molar-refractivity contribution in [2.45, 2.75) is 32.5 Å². The lowest BCUT2D eigenvalue weighted by Crippen LogP contribution is -2.28. The van der Waals surface area contributed by atoms with E-state index in [1.165, 1.54) is 5.56 Å². The molecule has 0 radical (unpaired) electrons. The number of benzene rings is 1. The molecular weight excluding hydrogens is 202 g/mol. The van der Waals surface area contributed by atoms with Crippen LogP contribution in [0.5, 0.6) is 0 Å². The molecule has 0 aromatic heterocycles. The van der Waals surface area contributed by atoms with Gasteiger partial charge in [0, 0.05) is 13.7 Å². The lowest BCUT2D eigenvalue weighted by molar-refractivity contribution is -0.00966. The van der Waals surface area contributed by atoms with E-state index in [-0.39, 0.29) is 6.10 Å². The number of hydroxylamine groups is 1. The normalized spacial score (nSPS) is 12.6. The minimum atomic E-state index is 0.237. The Morgan fingerprint density at radius 1 is 1.25 bits per heavy atom. The molecule has 1 unspecified atom stereocenters. The second-order valence-electron chi connectivity index (χ2n) is 3.77. The highest BCUT2D eigenvalue weighted by Gasteiger charge is 2.04. The molecule has 1 atom stereocenters. The average molecular weight is 223 g/mol. The first-order chi connectivity index (χ1) is 7.86. The highest BCUT2D eigenvalue weighted by Crippen LogP contribution is 2.01. The Labute approximate surface area is 97.7 Å². The first-order valence-electron chi connectivity index (χ1n) is 5.78. The van der Waals surface area contributed by atoms with E-state index < -0.39 is 0 Å². The smallest absolute Gasteiger partial charge is 0.0933 e. The van der Waals surface area contributed by atoms with Crippen molar-refractivity contribution in [1.29, 1.82) is 0 Å². The third-order valence-electron chi connectivity index (χ3n) is 2.44. The summed E-state index contributed by atoms with van der Waals surface area (Å²) < 4.78 is 5.30. The summed E-state index contributed by atoms with van der Waals surface area (Å²) in [6.07, 6.45) is 2.41. The predicted octanol–water partition coefficient (Wildman–Crippen LogP) is 2.52. The molecule has 16 heavy (non-hydrogen) atoms. The summed E-state index contributed by atoms with van der Waals surface area (Å²) >= 11 is 0. The van der Waals surface area contributed by atoms with E-state index in [4.69, 9.17) is 9.57 Å². The lowest BCUT2D eigenvalue weighted by Gasteiger charge is -2.14. The molecule has 0 bridgehead atoms. The summed E-state index contributed by atoms with van der Waals surface area (Å²) in [5.41, 5.74) is 4.11. The van der Waals surface area contributed by atoms with Gasteiger partial charge in [0.2, 0.25) is 0 Å². The average Bonchev–Trinajstić information content (AvgIpc) is 2.34. The van der Waals surface area contributed by atoms with E-state index in [0.29, 0.717) is 6.61 Å². The molecule has 0 heterocycles. The molecule has 0 fully saturated rings. The largest absolute Gasteiger partial charge is 0.380 e. The van der Waals surface area contributed by atoms with Crippen LogP contribution in [0.4, 0.5) is 0 Å². The monoisotopic (exact) mass is 223 g/mol. The highest BCUT2D eigenvalue weighted by molar-refractivity contribution is 5.13. The van der Waals surface area contributed by atoms with E-state index in [9.17, 15) is 0 Å². The van der Waals surface area contributed by atoms with Crippen molar-refractivity contribution >= 4 is 0 Å². The molecule has 1 N–H and O–H groups in total. The Balaban J connectivity index is 2.11. The molecule has 90 valence electrons. The van der Waals surface area contributed by atoms with Gasteiger partial charge in [-0.05, 0) is 12.0 Å². The first-order valence-corrected chi connectivity index (χ1v) is 5.78. The van der Waals surface area contributed by atoms with E-state index in [0.717, 1.165) is 19.4 Å². The summed E-state index contributed by atoms with van der Waals surface area (Å²) in [7, 11) is 1.74. The Morgan fingerprint density at radius 2 is 2.00 bits per heavy atom. The summed E-state index contributed by atoms with van der Waals surface area (Å²) in [6.45, 7) is 3.47. The molecule has 0 aliphatic rings. The number of hydrogen-bond donors (Lipinski definition) is 1. The van der Waals surface area contributed by atoms with Gasteiger partial charge in [0.05, 0.1) is 12.7 Å². The maximum atomic E-state index is 5.37. The predicted molar refractivity (Wildman–Crippen MR) is 64.9 cm³/mol. The van der Waals surface area contributed by atoms with Crippen LogP contribution in [0, 0.1) is 0 Å². The van der Waals surface area contributed by atoms with Gasteiger partial charge in [0.15, 0.2) is 0 Å². The fraction of sp³-hybridized carbons (Fsp3) is 0.538.